The molecular formula is C13H22N4O3S. The number of hydrogen-bond donors (Lipinski definition) is 1. The summed E-state index contributed by atoms with van der Waals surface area (Å²) in [5.41, 5.74) is 0.709. The van der Waals surface area contributed by atoms with Gasteiger partial charge in [0.05, 0.1) is 5.69 Å². The van der Waals surface area contributed by atoms with Crippen molar-refractivity contribution in [2.45, 2.75) is 25.1 Å². The molecule has 3 heterocycles. The maximum absolute atomic E-state index is 12.4. The third-order valence-corrected chi connectivity index (χ3v) is 5.96. The van der Waals surface area contributed by atoms with Crippen LogP contribution in [0.3, 0.4) is 0 Å². The van der Waals surface area contributed by atoms with Gasteiger partial charge < -0.3 is 9.84 Å². The Labute approximate surface area is 125 Å². The molecule has 0 radical (unpaired) electrons. The average molecular weight is 314 g/mol. The first kappa shape index (κ1) is 15.0. The predicted octanol–water partition coefficient (Wildman–Crippen LogP) is -0.208. The van der Waals surface area contributed by atoms with Crippen LogP contribution in [0.4, 0.5) is 0 Å². The van der Waals surface area contributed by atoms with Gasteiger partial charge in [-0.2, -0.15) is 4.31 Å². The first-order chi connectivity index (χ1) is 10.0. The molecule has 2 aliphatic heterocycles. The fourth-order valence-electron chi connectivity index (χ4n) is 3.06. The molecule has 0 spiro atoms. The van der Waals surface area contributed by atoms with Crippen molar-refractivity contribution in [2.24, 2.45) is 0 Å². The molecule has 1 aromatic heterocycles. The number of hydrogen-bond acceptors (Lipinski definition) is 6. The molecule has 1 aromatic rings. The number of nitrogens with zero attached hydrogens (tertiary/aromatic N) is 3. The second-order valence-corrected chi connectivity index (χ2v) is 7.75. The smallest absolute Gasteiger partial charge is 0.221 e. The molecule has 8 heteroatoms. The molecule has 0 saturated carbocycles. The molecule has 0 aliphatic carbocycles. The molecule has 1 N–H and O–H groups in total. The van der Waals surface area contributed by atoms with Crippen molar-refractivity contribution >= 4 is 10.0 Å². The van der Waals surface area contributed by atoms with E-state index in [1.165, 1.54) is 0 Å². The minimum atomic E-state index is -3.31. The minimum absolute atomic E-state index is 0.0951. The Morgan fingerprint density at radius 3 is 2.81 bits per heavy atom. The lowest BCUT2D eigenvalue weighted by Gasteiger charge is -2.32. The monoisotopic (exact) mass is 314 g/mol. The second-order valence-electron chi connectivity index (χ2n) is 5.78. The molecule has 2 fully saturated rings. The third kappa shape index (κ3) is 3.45. The maximum atomic E-state index is 12.4. The highest BCUT2D eigenvalue weighted by Crippen LogP contribution is 2.21. The lowest BCUT2D eigenvalue weighted by atomic mass is 10.2. The first-order valence-corrected chi connectivity index (χ1v) is 9.00. The summed E-state index contributed by atoms with van der Waals surface area (Å²) in [7, 11) is -3.31. The fraction of sp³-hybridized carbons (Fsp3) is 0.769. The lowest BCUT2D eigenvalue weighted by Crippen LogP contribution is -2.49. The largest absolute Gasteiger partial charge is 0.360 e. The van der Waals surface area contributed by atoms with E-state index in [1.807, 2.05) is 0 Å². The number of sulfonamides is 1. The quantitative estimate of drug-likeness (QED) is 0.829. The zero-order valence-electron chi connectivity index (χ0n) is 12.3. The molecule has 0 amide bonds. The average Bonchev–Trinajstić information content (AvgIpc) is 3.09. The first-order valence-electron chi connectivity index (χ1n) is 7.39. The van der Waals surface area contributed by atoms with Crippen molar-refractivity contribution in [1.82, 2.24) is 19.7 Å². The second kappa shape index (κ2) is 6.04. The molecule has 2 saturated heterocycles. The zero-order chi connectivity index (χ0) is 14.9. The van der Waals surface area contributed by atoms with Gasteiger partial charge in [-0.1, -0.05) is 5.16 Å². The summed E-state index contributed by atoms with van der Waals surface area (Å²) in [6, 6.07) is 2.03. The Morgan fingerprint density at radius 2 is 2.14 bits per heavy atom. The normalized spacial score (nSPS) is 25.5. The number of rotatable bonds is 4. The van der Waals surface area contributed by atoms with E-state index in [4.69, 9.17) is 4.52 Å². The zero-order valence-corrected chi connectivity index (χ0v) is 13.1. The standard InChI is InChI=1S/C13H22N4O3S/c1-11-8-13(20-15-11)10-21(18,19)17-5-2-12(9-17)16-6-3-14-4-7-16/h8,12,14H,2-7,9-10H2,1H3. The van der Waals surface area contributed by atoms with Gasteiger partial charge in [-0.05, 0) is 13.3 Å². The number of aromatic nitrogens is 1. The van der Waals surface area contributed by atoms with Crippen LogP contribution < -0.4 is 5.32 Å². The van der Waals surface area contributed by atoms with E-state index < -0.39 is 10.0 Å². The Balaban J connectivity index is 1.61. The summed E-state index contributed by atoms with van der Waals surface area (Å²) in [6.45, 7) is 6.95. The van der Waals surface area contributed by atoms with Gasteiger partial charge in [0.25, 0.3) is 0 Å². The van der Waals surface area contributed by atoms with Gasteiger partial charge >= 0.3 is 0 Å². The molecule has 2 aliphatic rings. The van der Waals surface area contributed by atoms with Crippen molar-refractivity contribution in [3.63, 3.8) is 0 Å². The van der Waals surface area contributed by atoms with Gasteiger partial charge in [0, 0.05) is 51.4 Å². The minimum Gasteiger partial charge on any atom is -0.360 e. The van der Waals surface area contributed by atoms with Gasteiger partial charge in [-0.15, -0.1) is 0 Å². The predicted molar refractivity (Wildman–Crippen MR) is 78.3 cm³/mol. The summed E-state index contributed by atoms with van der Waals surface area (Å²) < 4.78 is 31.5. The van der Waals surface area contributed by atoms with Crippen LogP contribution in [0.1, 0.15) is 17.9 Å². The highest BCUT2D eigenvalue weighted by Gasteiger charge is 2.35. The van der Waals surface area contributed by atoms with E-state index in [9.17, 15) is 8.42 Å². The Morgan fingerprint density at radius 1 is 1.38 bits per heavy atom. The third-order valence-electron chi connectivity index (χ3n) is 4.19. The van der Waals surface area contributed by atoms with Gasteiger partial charge in [0.1, 0.15) is 5.75 Å². The van der Waals surface area contributed by atoms with Crippen LogP contribution in [0.5, 0.6) is 0 Å². The van der Waals surface area contributed by atoms with Crippen molar-refractivity contribution < 1.29 is 12.9 Å². The van der Waals surface area contributed by atoms with E-state index in [0.717, 1.165) is 32.6 Å². The molecule has 0 aromatic carbocycles. The summed E-state index contributed by atoms with van der Waals surface area (Å²) in [4.78, 5) is 2.39. The Hall–Kier alpha value is -0.960. The SMILES string of the molecule is Cc1cc(CS(=O)(=O)N2CCC(N3CCNCC3)C2)on1. The van der Waals surface area contributed by atoms with Crippen LogP contribution in [-0.4, -0.2) is 68.1 Å². The van der Waals surface area contributed by atoms with Crippen LogP contribution in [0, 0.1) is 6.92 Å². The lowest BCUT2D eigenvalue weighted by molar-refractivity contribution is 0.179. The maximum Gasteiger partial charge on any atom is 0.221 e. The molecule has 118 valence electrons. The summed E-state index contributed by atoms with van der Waals surface area (Å²) in [5.74, 6) is 0.320. The van der Waals surface area contributed by atoms with E-state index in [-0.39, 0.29) is 5.75 Å². The number of aryl methyl sites for hydroxylation is 1. The number of piperazine rings is 1. The topological polar surface area (TPSA) is 78.7 Å². The van der Waals surface area contributed by atoms with Crippen molar-refractivity contribution in [3.05, 3.63) is 17.5 Å². The molecule has 7 nitrogen and oxygen atoms in total. The molecule has 0 bridgehead atoms. The molecule has 1 unspecified atom stereocenters. The summed E-state index contributed by atoms with van der Waals surface area (Å²) in [6.07, 6.45) is 0.911. The van der Waals surface area contributed by atoms with Crippen molar-refractivity contribution in [3.8, 4) is 0 Å². The van der Waals surface area contributed by atoms with Crippen LogP contribution >= 0.6 is 0 Å². The van der Waals surface area contributed by atoms with Crippen molar-refractivity contribution in [1.29, 1.82) is 0 Å². The van der Waals surface area contributed by atoms with Gasteiger partial charge in [-0.25, -0.2) is 8.42 Å². The molecule has 3 rings (SSSR count). The molecule has 21 heavy (non-hydrogen) atoms. The Bertz CT molecular complexity index is 580. The molecular weight excluding hydrogens is 292 g/mol. The van der Waals surface area contributed by atoms with Crippen LogP contribution in [-0.2, 0) is 15.8 Å². The van der Waals surface area contributed by atoms with E-state index in [0.29, 0.717) is 30.6 Å². The van der Waals surface area contributed by atoms with Gasteiger partial charge in [0.15, 0.2) is 5.76 Å². The van der Waals surface area contributed by atoms with Crippen LogP contribution in [0.15, 0.2) is 10.6 Å². The van der Waals surface area contributed by atoms with E-state index >= 15 is 0 Å². The molecule has 1 atom stereocenters. The summed E-state index contributed by atoms with van der Waals surface area (Å²) in [5, 5.41) is 7.06. The number of nitrogens with one attached hydrogen (secondary N) is 1. The Kier molecular flexibility index (Phi) is 4.30. The highest BCUT2D eigenvalue weighted by atomic mass is 32.2. The van der Waals surface area contributed by atoms with E-state index in [2.05, 4.69) is 15.4 Å². The van der Waals surface area contributed by atoms with Crippen LogP contribution in [0.2, 0.25) is 0 Å². The fourth-order valence-corrected chi connectivity index (χ4v) is 4.52. The highest BCUT2D eigenvalue weighted by molar-refractivity contribution is 7.88. The van der Waals surface area contributed by atoms with Gasteiger partial charge in [-0.3, -0.25) is 4.90 Å². The van der Waals surface area contributed by atoms with Crippen molar-refractivity contribution in [2.75, 3.05) is 39.3 Å². The summed E-state index contributed by atoms with van der Waals surface area (Å²) >= 11 is 0. The van der Waals surface area contributed by atoms with Gasteiger partial charge in [0.2, 0.25) is 10.0 Å². The van der Waals surface area contributed by atoms with E-state index in [1.54, 1.807) is 17.3 Å². The van der Waals surface area contributed by atoms with Crippen LogP contribution in [0.25, 0.3) is 0 Å².